The van der Waals surface area contributed by atoms with Gasteiger partial charge in [0.1, 0.15) is 17.2 Å². The lowest BCUT2D eigenvalue weighted by molar-refractivity contribution is -0.138. The van der Waals surface area contributed by atoms with Crippen LogP contribution in [0.5, 0.6) is 5.75 Å². The number of piperazine rings is 1. The molecule has 2 aromatic heterocycles. The summed E-state index contributed by atoms with van der Waals surface area (Å²) >= 11 is 1.17. The van der Waals surface area contributed by atoms with E-state index >= 15 is 0 Å². The summed E-state index contributed by atoms with van der Waals surface area (Å²) in [5, 5.41) is 20.7. The standard InChI is InChI=1S/C23H27N7O4S/c1-14-4-5-17(32)15(2)21(14)26-22(34)18-12-24-23(35-18)25-19-6-7-30(27-19)13-20(33)29-10-8-28(9-11-29)16(3)31/h4-7,12,32H,8-11,13H2,1-3H3,(H,26,34)(H,24,25,27). The van der Waals surface area contributed by atoms with E-state index in [-0.39, 0.29) is 30.0 Å². The average Bonchev–Trinajstić information content (AvgIpc) is 3.49. The second-order valence-electron chi connectivity index (χ2n) is 8.30. The van der Waals surface area contributed by atoms with Crippen molar-refractivity contribution in [2.45, 2.75) is 27.3 Å². The largest absolute Gasteiger partial charge is 0.508 e. The molecule has 0 radical (unpaired) electrons. The number of phenols is 1. The monoisotopic (exact) mass is 497 g/mol. The first-order valence-corrected chi connectivity index (χ1v) is 11.9. The molecule has 0 bridgehead atoms. The molecule has 0 aliphatic carbocycles. The van der Waals surface area contributed by atoms with Gasteiger partial charge in [0.25, 0.3) is 5.91 Å². The van der Waals surface area contributed by atoms with Crippen LogP contribution >= 0.6 is 11.3 Å². The number of hydrogen-bond acceptors (Lipinski definition) is 8. The Morgan fingerprint density at radius 3 is 2.51 bits per heavy atom. The minimum Gasteiger partial charge on any atom is -0.508 e. The Morgan fingerprint density at radius 2 is 1.80 bits per heavy atom. The van der Waals surface area contributed by atoms with Crippen molar-refractivity contribution >= 4 is 45.7 Å². The lowest BCUT2D eigenvalue weighted by atomic mass is 10.1. The first-order chi connectivity index (χ1) is 16.7. The number of aromatic nitrogens is 3. The zero-order chi connectivity index (χ0) is 25.1. The minimum absolute atomic E-state index is 0.0207. The van der Waals surface area contributed by atoms with Gasteiger partial charge in [-0.25, -0.2) is 4.98 Å². The fourth-order valence-electron chi connectivity index (χ4n) is 3.78. The number of benzene rings is 1. The molecule has 1 fully saturated rings. The van der Waals surface area contributed by atoms with E-state index in [0.717, 1.165) is 5.56 Å². The second kappa shape index (κ2) is 10.1. The molecule has 0 atom stereocenters. The molecule has 1 aliphatic rings. The van der Waals surface area contributed by atoms with Crippen molar-refractivity contribution in [1.29, 1.82) is 0 Å². The molecule has 3 N–H and O–H groups in total. The molecule has 184 valence electrons. The van der Waals surface area contributed by atoms with E-state index in [0.29, 0.717) is 53.3 Å². The van der Waals surface area contributed by atoms with Crippen LogP contribution in [-0.4, -0.2) is 73.6 Å². The Morgan fingerprint density at radius 1 is 1.09 bits per heavy atom. The van der Waals surface area contributed by atoms with Crippen molar-refractivity contribution in [2.24, 2.45) is 0 Å². The fraction of sp³-hybridized carbons (Fsp3) is 0.348. The molecule has 4 rings (SSSR count). The molecular weight excluding hydrogens is 470 g/mol. The molecule has 3 amide bonds. The highest BCUT2D eigenvalue weighted by molar-refractivity contribution is 7.17. The van der Waals surface area contributed by atoms with Crippen LogP contribution in [0.1, 0.15) is 27.7 Å². The highest BCUT2D eigenvalue weighted by atomic mass is 32.1. The fourth-order valence-corrected chi connectivity index (χ4v) is 4.49. The zero-order valence-electron chi connectivity index (χ0n) is 19.7. The molecule has 1 aliphatic heterocycles. The van der Waals surface area contributed by atoms with Crippen molar-refractivity contribution in [3.05, 3.63) is 46.6 Å². The summed E-state index contributed by atoms with van der Waals surface area (Å²) in [7, 11) is 0. The highest BCUT2D eigenvalue weighted by Crippen LogP contribution is 2.29. The summed E-state index contributed by atoms with van der Waals surface area (Å²) in [6.45, 7) is 7.32. The number of aromatic hydroxyl groups is 1. The number of thiazole rings is 1. The first kappa shape index (κ1) is 24.2. The number of nitrogens with one attached hydrogen (secondary N) is 2. The van der Waals surface area contributed by atoms with Crippen LogP contribution in [0.15, 0.2) is 30.6 Å². The number of phenolic OH excluding ortho intramolecular Hbond substituents is 1. The maximum absolute atomic E-state index is 12.7. The van der Waals surface area contributed by atoms with Crippen LogP contribution in [0.2, 0.25) is 0 Å². The van der Waals surface area contributed by atoms with Gasteiger partial charge in [0.05, 0.1) is 11.9 Å². The summed E-state index contributed by atoms with van der Waals surface area (Å²) in [4.78, 5) is 44.8. The molecule has 1 aromatic carbocycles. The van der Waals surface area contributed by atoms with Crippen LogP contribution < -0.4 is 10.6 Å². The number of amides is 3. The maximum Gasteiger partial charge on any atom is 0.267 e. The van der Waals surface area contributed by atoms with Gasteiger partial charge in [-0.05, 0) is 25.5 Å². The number of rotatable bonds is 6. The van der Waals surface area contributed by atoms with Gasteiger partial charge in [-0.3, -0.25) is 19.1 Å². The molecule has 0 spiro atoms. The SMILES string of the molecule is CC(=O)N1CCN(C(=O)Cn2ccc(Nc3ncc(C(=O)Nc4c(C)ccc(O)c4C)s3)n2)CC1. The number of nitrogens with zero attached hydrogens (tertiary/aromatic N) is 5. The van der Waals surface area contributed by atoms with Gasteiger partial charge in [-0.2, -0.15) is 5.10 Å². The lowest BCUT2D eigenvalue weighted by Crippen LogP contribution is -2.50. The van der Waals surface area contributed by atoms with Crippen molar-refractivity contribution < 1.29 is 19.5 Å². The van der Waals surface area contributed by atoms with Crippen LogP contribution in [0.25, 0.3) is 0 Å². The number of hydrogen-bond donors (Lipinski definition) is 3. The molecular formula is C23H27N7O4S. The number of carbonyl (C=O) groups is 3. The van der Waals surface area contributed by atoms with Crippen molar-refractivity contribution in [1.82, 2.24) is 24.6 Å². The van der Waals surface area contributed by atoms with Crippen LogP contribution in [0, 0.1) is 13.8 Å². The third-order valence-electron chi connectivity index (χ3n) is 5.86. The van der Waals surface area contributed by atoms with Gasteiger partial charge in [-0.1, -0.05) is 17.4 Å². The van der Waals surface area contributed by atoms with Gasteiger partial charge in [-0.15, -0.1) is 0 Å². The van der Waals surface area contributed by atoms with E-state index < -0.39 is 0 Å². The van der Waals surface area contributed by atoms with Gasteiger partial charge in [0.15, 0.2) is 10.9 Å². The topological polar surface area (TPSA) is 133 Å². The average molecular weight is 498 g/mol. The molecule has 3 aromatic rings. The summed E-state index contributed by atoms with van der Waals surface area (Å²) in [5.74, 6) is 0.249. The molecule has 0 unspecified atom stereocenters. The van der Waals surface area contributed by atoms with E-state index in [1.54, 1.807) is 41.1 Å². The predicted molar refractivity (Wildman–Crippen MR) is 132 cm³/mol. The number of carbonyl (C=O) groups excluding carboxylic acids is 3. The van der Waals surface area contributed by atoms with Gasteiger partial charge >= 0.3 is 0 Å². The van der Waals surface area contributed by atoms with E-state index in [9.17, 15) is 19.5 Å². The molecule has 3 heterocycles. The summed E-state index contributed by atoms with van der Waals surface area (Å²) < 4.78 is 1.54. The van der Waals surface area contributed by atoms with Gasteiger partial charge in [0, 0.05) is 50.9 Å². The highest BCUT2D eigenvalue weighted by Gasteiger charge is 2.22. The van der Waals surface area contributed by atoms with Crippen LogP contribution in [0.3, 0.4) is 0 Å². The quantitative estimate of drug-likeness (QED) is 0.476. The Bertz CT molecular complexity index is 1260. The third kappa shape index (κ3) is 5.60. The van der Waals surface area contributed by atoms with Gasteiger partial charge in [0.2, 0.25) is 11.8 Å². The number of anilines is 3. The van der Waals surface area contributed by atoms with E-state index in [1.165, 1.54) is 29.1 Å². The Labute approximate surface area is 206 Å². The molecule has 11 nitrogen and oxygen atoms in total. The number of aryl methyl sites for hydroxylation is 1. The summed E-state index contributed by atoms with van der Waals surface area (Å²) in [5.41, 5.74) is 2.02. The van der Waals surface area contributed by atoms with E-state index in [2.05, 4.69) is 20.7 Å². The van der Waals surface area contributed by atoms with E-state index in [1.807, 2.05) is 6.92 Å². The molecule has 35 heavy (non-hydrogen) atoms. The van der Waals surface area contributed by atoms with Crippen molar-refractivity contribution in [3.63, 3.8) is 0 Å². The minimum atomic E-state index is -0.326. The zero-order valence-corrected chi connectivity index (χ0v) is 20.6. The lowest BCUT2D eigenvalue weighted by Gasteiger charge is -2.34. The molecule has 12 heteroatoms. The predicted octanol–water partition coefficient (Wildman–Crippen LogP) is 2.35. The smallest absolute Gasteiger partial charge is 0.267 e. The Balaban J connectivity index is 1.33. The van der Waals surface area contributed by atoms with Crippen molar-refractivity contribution in [3.8, 4) is 5.75 Å². The van der Waals surface area contributed by atoms with Crippen LogP contribution in [0.4, 0.5) is 16.6 Å². The second-order valence-corrected chi connectivity index (χ2v) is 9.33. The molecule has 0 saturated carbocycles. The first-order valence-electron chi connectivity index (χ1n) is 11.1. The van der Waals surface area contributed by atoms with E-state index in [4.69, 9.17) is 0 Å². The van der Waals surface area contributed by atoms with Crippen molar-refractivity contribution in [2.75, 3.05) is 36.8 Å². The summed E-state index contributed by atoms with van der Waals surface area (Å²) in [6.07, 6.45) is 3.16. The van der Waals surface area contributed by atoms with Gasteiger partial charge < -0.3 is 25.5 Å². The normalized spacial score (nSPS) is 13.6. The molecule has 1 saturated heterocycles. The maximum atomic E-state index is 12.7. The Kier molecular flexibility index (Phi) is 7.01. The Hall–Kier alpha value is -3.93. The third-order valence-corrected chi connectivity index (χ3v) is 6.77. The van der Waals surface area contributed by atoms with Crippen LogP contribution in [-0.2, 0) is 16.1 Å². The summed E-state index contributed by atoms with van der Waals surface area (Å²) in [6, 6.07) is 5.06.